The first kappa shape index (κ1) is 11.4. The smallest absolute Gasteiger partial charge is 0.322 e. The molecule has 2 rings (SSSR count). The minimum Gasteiger partial charge on any atom is -0.493 e. The van der Waals surface area contributed by atoms with Crippen molar-refractivity contribution in [3.63, 3.8) is 0 Å². The molecule has 0 radical (unpaired) electrons. The molecule has 0 fully saturated rings. The normalized spacial score (nSPS) is 17.8. The number of ether oxygens (including phenoxy) is 1. The van der Waals surface area contributed by atoms with Crippen molar-refractivity contribution in [2.75, 3.05) is 13.2 Å². The lowest BCUT2D eigenvalue weighted by atomic mass is 9.92. The summed E-state index contributed by atoms with van der Waals surface area (Å²) in [7, 11) is 0. The number of rotatable bonds is 3. The number of fused-ring (bicyclic) bond motifs is 1. The molecule has 1 aliphatic rings. The van der Waals surface area contributed by atoms with E-state index < -0.39 is 5.97 Å². The van der Waals surface area contributed by atoms with Crippen LogP contribution >= 0.6 is 0 Å². The number of hydrogen-bond acceptors (Lipinski definition) is 3. The van der Waals surface area contributed by atoms with E-state index in [1.54, 1.807) is 0 Å². The molecule has 0 saturated heterocycles. The van der Waals surface area contributed by atoms with Crippen molar-refractivity contribution >= 4 is 11.9 Å². The van der Waals surface area contributed by atoms with E-state index >= 15 is 0 Å². The van der Waals surface area contributed by atoms with Crippen LogP contribution in [0.2, 0.25) is 0 Å². The minimum absolute atomic E-state index is 0.261. The van der Waals surface area contributed by atoms with Crippen LogP contribution in [-0.4, -0.2) is 30.1 Å². The predicted molar refractivity (Wildman–Crippen MR) is 59.9 cm³/mol. The standard InChI is InChI=1S/C12H13NO4/c14-11(15)7-13-12(16)9-5-6-17-10-4-2-1-3-8(9)10/h1-4,9H,5-7H2,(H,13,16)(H,14,15). The lowest BCUT2D eigenvalue weighted by Crippen LogP contribution is -2.35. The van der Waals surface area contributed by atoms with Crippen molar-refractivity contribution in [2.45, 2.75) is 12.3 Å². The van der Waals surface area contributed by atoms with Gasteiger partial charge in [0.05, 0.1) is 12.5 Å². The Morgan fingerprint density at radius 3 is 2.94 bits per heavy atom. The molecule has 1 unspecified atom stereocenters. The summed E-state index contributed by atoms with van der Waals surface area (Å²) in [4.78, 5) is 22.2. The van der Waals surface area contributed by atoms with Gasteiger partial charge in [-0.2, -0.15) is 0 Å². The van der Waals surface area contributed by atoms with E-state index in [4.69, 9.17) is 9.84 Å². The van der Waals surface area contributed by atoms with Crippen LogP contribution < -0.4 is 10.1 Å². The fourth-order valence-corrected chi connectivity index (χ4v) is 1.90. The highest BCUT2D eigenvalue weighted by Crippen LogP contribution is 2.33. The molecule has 0 aliphatic carbocycles. The minimum atomic E-state index is -1.04. The number of carbonyl (C=O) groups excluding carboxylic acids is 1. The zero-order chi connectivity index (χ0) is 12.3. The molecule has 5 nitrogen and oxygen atoms in total. The molecule has 2 N–H and O–H groups in total. The highest BCUT2D eigenvalue weighted by Gasteiger charge is 2.27. The van der Waals surface area contributed by atoms with Crippen LogP contribution in [0, 0.1) is 0 Å². The van der Waals surface area contributed by atoms with Crippen molar-refractivity contribution in [3.05, 3.63) is 29.8 Å². The summed E-state index contributed by atoms with van der Waals surface area (Å²) >= 11 is 0. The number of carboxylic acids is 1. The third-order valence-corrected chi connectivity index (χ3v) is 2.69. The van der Waals surface area contributed by atoms with E-state index in [9.17, 15) is 9.59 Å². The van der Waals surface area contributed by atoms with Crippen LogP contribution in [0.15, 0.2) is 24.3 Å². The van der Waals surface area contributed by atoms with E-state index in [0.29, 0.717) is 18.8 Å². The van der Waals surface area contributed by atoms with Gasteiger partial charge < -0.3 is 15.2 Å². The Morgan fingerprint density at radius 1 is 1.41 bits per heavy atom. The number of amides is 1. The van der Waals surface area contributed by atoms with Gasteiger partial charge in [-0.05, 0) is 12.5 Å². The lowest BCUT2D eigenvalue weighted by molar-refractivity contribution is -0.138. The van der Waals surface area contributed by atoms with Crippen molar-refractivity contribution in [3.8, 4) is 5.75 Å². The Kier molecular flexibility index (Phi) is 3.27. The molecule has 0 aromatic heterocycles. The maximum absolute atomic E-state index is 11.8. The molecule has 0 spiro atoms. The number of carbonyl (C=O) groups is 2. The van der Waals surface area contributed by atoms with Gasteiger partial charge in [-0.1, -0.05) is 18.2 Å². The van der Waals surface area contributed by atoms with E-state index in [1.807, 2.05) is 24.3 Å². The Morgan fingerprint density at radius 2 is 2.18 bits per heavy atom. The number of aliphatic carboxylic acids is 1. The van der Waals surface area contributed by atoms with Crippen LogP contribution in [0.1, 0.15) is 17.9 Å². The van der Waals surface area contributed by atoms with Gasteiger partial charge in [0.15, 0.2) is 0 Å². The molecule has 1 heterocycles. The molecule has 0 saturated carbocycles. The third-order valence-electron chi connectivity index (χ3n) is 2.69. The second-order valence-electron chi connectivity index (χ2n) is 3.84. The fourth-order valence-electron chi connectivity index (χ4n) is 1.90. The summed E-state index contributed by atoms with van der Waals surface area (Å²) < 4.78 is 5.43. The van der Waals surface area contributed by atoms with Crippen molar-refractivity contribution < 1.29 is 19.4 Å². The van der Waals surface area contributed by atoms with Crippen LogP contribution in [0.3, 0.4) is 0 Å². The zero-order valence-electron chi connectivity index (χ0n) is 9.18. The quantitative estimate of drug-likeness (QED) is 0.810. The molecule has 5 heteroatoms. The van der Waals surface area contributed by atoms with Gasteiger partial charge in [0.1, 0.15) is 12.3 Å². The second-order valence-corrected chi connectivity index (χ2v) is 3.84. The van der Waals surface area contributed by atoms with Gasteiger partial charge in [-0.15, -0.1) is 0 Å². The van der Waals surface area contributed by atoms with Crippen molar-refractivity contribution in [1.82, 2.24) is 5.32 Å². The second kappa shape index (κ2) is 4.86. The summed E-state index contributed by atoms with van der Waals surface area (Å²) in [6.07, 6.45) is 0.572. The van der Waals surface area contributed by atoms with E-state index in [1.165, 1.54) is 0 Å². The summed E-state index contributed by atoms with van der Waals surface area (Å²) in [5.41, 5.74) is 0.821. The summed E-state index contributed by atoms with van der Waals surface area (Å²) in [5.74, 6) is -0.921. The monoisotopic (exact) mass is 235 g/mol. The molecule has 1 amide bonds. The third kappa shape index (κ3) is 2.55. The van der Waals surface area contributed by atoms with Gasteiger partial charge in [0, 0.05) is 5.56 Å². The summed E-state index contributed by atoms with van der Waals surface area (Å²) in [5, 5.41) is 10.9. The van der Waals surface area contributed by atoms with Crippen molar-refractivity contribution in [2.24, 2.45) is 0 Å². The topological polar surface area (TPSA) is 75.6 Å². The molecule has 1 aromatic rings. The molecule has 0 bridgehead atoms. The number of carboxylic acid groups (broad SMARTS) is 1. The Balaban J connectivity index is 2.12. The number of nitrogens with one attached hydrogen (secondary N) is 1. The molecule has 1 aliphatic heterocycles. The van der Waals surface area contributed by atoms with Gasteiger partial charge in [0.25, 0.3) is 0 Å². The molecule has 90 valence electrons. The highest BCUT2D eigenvalue weighted by atomic mass is 16.5. The fraction of sp³-hybridized carbons (Fsp3) is 0.333. The van der Waals surface area contributed by atoms with Gasteiger partial charge in [0.2, 0.25) is 5.91 Å². The molecule has 17 heavy (non-hydrogen) atoms. The van der Waals surface area contributed by atoms with Gasteiger partial charge >= 0.3 is 5.97 Å². The van der Waals surface area contributed by atoms with E-state index in [-0.39, 0.29) is 18.4 Å². The average molecular weight is 235 g/mol. The SMILES string of the molecule is O=C(O)CNC(=O)C1CCOc2ccccc21. The van der Waals surface area contributed by atoms with Crippen LogP contribution in [0.5, 0.6) is 5.75 Å². The predicted octanol–water partition coefficient (Wildman–Crippen LogP) is 0.753. The van der Waals surface area contributed by atoms with E-state index in [0.717, 1.165) is 5.56 Å². The summed E-state index contributed by atoms with van der Waals surface area (Å²) in [6, 6.07) is 7.33. The highest BCUT2D eigenvalue weighted by molar-refractivity contribution is 5.87. The first-order chi connectivity index (χ1) is 8.18. The lowest BCUT2D eigenvalue weighted by Gasteiger charge is -2.24. The zero-order valence-corrected chi connectivity index (χ0v) is 9.18. The van der Waals surface area contributed by atoms with Crippen LogP contribution in [-0.2, 0) is 9.59 Å². The Labute approximate surface area is 98.4 Å². The molecular formula is C12H13NO4. The first-order valence-corrected chi connectivity index (χ1v) is 5.39. The number of benzene rings is 1. The average Bonchev–Trinajstić information content (AvgIpc) is 2.35. The summed E-state index contributed by atoms with van der Waals surface area (Å²) in [6.45, 7) is 0.126. The van der Waals surface area contributed by atoms with Gasteiger partial charge in [-0.25, -0.2) is 0 Å². The van der Waals surface area contributed by atoms with Crippen LogP contribution in [0.4, 0.5) is 0 Å². The largest absolute Gasteiger partial charge is 0.493 e. The Bertz CT molecular complexity index is 444. The first-order valence-electron chi connectivity index (χ1n) is 5.39. The number of hydrogen-bond donors (Lipinski definition) is 2. The maximum Gasteiger partial charge on any atom is 0.322 e. The number of para-hydroxylation sites is 1. The van der Waals surface area contributed by atoms with Crippen LogP contribution in [0.25, 0.3) is 0 Å². The van der Waals surface area contributed by atoms with Crippen molar-refractivity contribution in [1.29, 1.82) is 0 Å². The van der Waals surface area contributed by atoms with Gasteiger partial charge in [-0.3, -0.25) is 9.59 Å². The molecule has 1 atom stereocenters. The molecular weight excluding hydrogens is 222 g/mol. The maximum atomic E-state index is 11.8. The molecule has 1 aromatic carbocycles. The van der Waals surface area contributed by atoms with E-state index in [2.05, 4.69) is 5.32 Å². The Hall–Kier alpha value is -2.04.